The van der Waals surface area contributed by atoms with Gasteiger partial charge in [0, 0.05) is 6.42 Å². The van der Waals surface area contributed by atoms with Crippen molar-refractivity contribution in [3.8, 4) is 12.3 Å². The Kier molecular flexibility index (Phi) is 5.03. The quantitative estimate of drug-likeness (QED) is 0.310. The molecule has 2 nitrogen and oxygen atoms in total. The van der Waals surface area contributed by atoms with E-state index < -0.39 is 0 Å². The first-order valence-corrected chi connectivity index (χ1v) is 5.04. The summed E-state index contributed by atoms with van der Waals surface area (Å²) in [5.74, 6) is 2.49. The lowest BCUT2D eigenvalue weighted by Crippen LogP contribution is -1.88. The molecule has 0 aromatic heterocycles. The number of nitrogens with zero attached hydrogens (tertiary/aromatic N) is 1. The van der Waals surface area contributed by atoms with Gasteiger partial charge in [0.2, 0.25) is 0 Å². The largest absolute Gasteiger partial charge is 0.395 e. The van der Waals surface area contributed by atoms with Gasteiger partial charge in [-0.3, -0.25) is 0 Å². The second-order valence-electron chi connectivity index (χ2n) is 3.12. The van der Waals surface area contributed by atoms with Crippen LogP contribution in [-0.4, -0.2) is 12.8 Å². The number of hydrogen-bond donors (Lipinski definition) is 0. The molecule has 0 bridgehead atoms. The number of oxime groups is 1. The maximum atomic E-state index is 5.08. The van der Waals surface area contributed by atoms with Crippen LogP contribution in [0.1, 0.15) is 24.5 Å². The van der Waals surface area contributed by atoms with Crippen LogP contribution < -0.4 is 0 Å². The number of rotatable bonds is 5. The summed E-state index contributed by atoms with van der Waals surface area (Å²) in [6, 6.07) is 8.19. The molecule has 0 heterocycles. The van der Waals surface area contributed by atoms with Crippen molar-refractivity contribution in [2.75, 3.05) is 6.61 Å². The summed E-state index contributed by atoms with van der Waals surface area (Å²) >= 11 is 0. The second kappa shape index (κ2) is 6.67. The third kappa shape index (κ3) is 4.33. The fourth-order valence-electron chi connectivity index (χ4n) is 1.15. The van der Waals surface area contributed by atoms with Crippen molar-refractivity contribution in [3.63, 3.8) is 0 Å². The predicted molar refractivity (Wildman–Crippen MR) is 62.8 cm³/mol. The van der Waals surface area contributed by atoms with Gasteiger partial charge in [0.05, 0.1) is 6.21 Å². The third-order valence-electron chi connectivity index (χ3n) is 1.97. The predicted octanol–water partition coefficient (Wildman–Crippen LogP) is 2.62. The highest BCUT2D eigenvalue weighted by Gasteiger charge is 1.90. The molecule has 0 saturated carbocycles. The highest BCUT2D eigenvalue weighted by atomic mass is 16.6. The Labute approximate surface area is 90.9 Å². The van der Waals surface area contributed by atoms with Crippen LogP contribution in [0.25, 0.3) is 0 Å². The van der Waals surface area contributed by atoms with Gasteiger partial charge in [0.15, 0.2) is 0 Å². The number of hydrogen-bond acceptors (Lipinski definition) is 2. The summed E-state index contributed by atoms with van der Waals surface area (Å²) < 4.78 is 0. The summed E-state index contributed by atoms with van der Waals surface area (Å²) in [7, 11) is 0. The number of aryl methyl sites for hydroxylation is 1. The van der Waals surface area contributed by atoms with E-state index in [1.165, 1.54) is 5.56 Å². The lowest BCUT2D eigenvalue weighted by Gasteiger charge is -1.98. The summed E-state index contributed by atoms with van der Waals surface area (Å²) in [4.78, 5) is 4.98. The summed E-state index contributed by atoms with van der Waals surface area (Å²) in [5, 5.41) is 3.83. The molecule has 0 saturated heterocycles. The highest BCUT2D eigenvalue weighted by molar-refractivity contribution is 5.79. The van der Waals surface area contributed by atoms with E-state index in [2.05, 4.69) is 30.1 Å². The van der Waals surface area contributed by atoms with E-state index in [0.29, 0.717) is 13.0 Å². The molecule has 1 rings (SSSR count). The Balaban J connectivity index is 2.46. The van der Waals surface area contributed by atoms with E-state index in [9.17, 15) is 0 Å². The van der Waals surface area contributed by atoms with E-state index in [1.807, 2.05) is 12.1 Å². The zero-order chi connectivity index (χ0) is 10.9. The Bertz CT molecular complexity index is 363. The van der Waals surface area contributed by atoms with E-state index >= 15 is 0 Å². The number of terminal acetylenes is 1. The first-order chi connectivity index (χ1) is 7.36. The molecule has 0 radical (unpaired) electrons. The maximum absolute atomic E-state index is 5.08. The third-order valence-corrected chi connectivity index (χ3v) is 1.97. The van der Waals surface area contributed by atoms with Crippen LogP contribution in [0.5, 0.6) is 0 Å². The Morgan fingerprint density at radius 3 is 3.13 bits per heavy atom. The molecule has 0 aliphatic heterocycles. The molecular formula is C13H15NO. The summed E-state index contributed by atoms with van der Waals surface area (Å²) in [6.07, 6.45) is 8.40. The van der Waals surface area contributed by atoms with Gasteiger partial charge in [-0.2, -0.15) is 0 Å². The number of benzene rings is 1. The summed E-state index contributed by atoms with van der Waals surface area (Å²) in [6.45, 7) is 2.60. The van der Waals surface area contributed by atoms with Gasteiger partial charge in [-0.25, -0.2) is 0 Å². The van der Waals surface area contributed by atoms with Gasteiger partial charge in [0.1, 0.15) is 6.61 Å². The first-order valence-electron chi connectivity index (χ1n) is 5.04. The maximum Gasteiger partial charge on any atom is 0.128 e. The second-order valence-corrected chi connectivity index (χ2v) is 3.12. The Morgan fingerprint density at radius 1 is 1.53 bits per heavy atom. The molecule has 2 heteroatoms. The van der Waals surface area contributed by atoms with Crippen LogP contribution in [0.15, 0.2) is 29.4 Å². The van der Waals surface area contributed by atoms with Gasteiger partial charge < -0.3 is 4.84 Å². The molecule has 1 aromatic carbocycles. The van der Waals surface area contributed by atoms with Crippen LogP contribution >= 0.6 is 0 Å². The topological polar surface area (TPSA) is 21.6 Å². The minimum atomic E-state index is 0.473. The zero-order valence-electron chi connectivity index (χ0n) is 8.94. The first kappa shape index (κ1) is 11.3. The molecule has 0 atom stereocenters. The van der Waals surface area contributed by atoms with Crippen molar-refractivity contribution in [2.45, 2.75) is 19.8 Å². The van der Waals surface area contributed by atoms with Gasteiger partial charge in [-0.05, 0) is 17.5 Å². The van der Waals surface area contributed by atoms with Crippen molar-refractivity contribution >= 4 is 6.21 Å². The smallest absolute Gasteiger partial charge is 0.128 e. The Hall–Kier alpha value is -1.75. The van der Waals surface area contributed by atoms with Crippen LogP contribution in [0, 0.1) is 12.3 Å². The van der Waals surface area contributed by atoms with Gasteiger partial charge >= 0.3 is 0 Å². The van der Waals surface area contributed by atoms with Crippen molar-refractivity contribution in [3.05, 3.63) is 35.4 Å². The molecule has 0 N–H and O–H groups in total. The van der Waals surface area contributed by atoms with Crippen LogP contribution in [0.4, 0.5) is 0 Å². The van der Waals surface area contributed by atoms with Gasteiger partial charge in [-0.15, -0.1) is 12.3 Å². The van der Waals surface area contributed by atoms with E-state index in [1.54, 1.807) is 6.21 Å². The lowest BCUT2D eigenvalue weighted by atomic mass is 10.1. The fourth-order valence-corrected chi connectivity index (χ4v) is 1.15. The molecule has 0 amide bonds. The fraction of sp³-hybridized carbons (Fsp3) is 0.308. The standard InChI is InChI=1S/C13H15NO/c1-3-5-9-15-14-11-13-8-6-7-12(4-2)10-13/h1,6-8,10-11H,4-5,9H2,2H3. The molecule has 78 valence electrons. The molecule has 0 aliphatic rings. The van der Waals surface area contributed by atoms with Crippen molar-refractivity contribution < 1.29 is 4.84 Å². The highest BCUT2D eigenvalue weighted by Crippen LogP contribution is 2.03. The van der Waals surface area contributed by atoms with E-state index in [0.717, 1.165) is 12.0 Å². The molecule has 15 heavy (non-hydrogen) atoms. The molecule has 1 aromatic rings. The molecule has 0 aliphatic carbocycles. The van der Waals surface area contributed by atoms with Crippen molar-refractivity contribution in [1.82, 2.24) is 0 Å². The monoisotopic (exact) mass is 201 g/mol. The van der Waals surface area contributed by atoms with Gasteiger partial charge in [-0.1, -0.05) is 36.3 Å². The SMILES string of the molecule is C#CCCON=Cc1cccc(CC)c1. The minimum absolute atomic E-state index is 0.473. The van der Waals surface area contributed by atoms with Crippen LogP contribution in [0.3, 0.4) is 0 Å². The van der Waals surface area contributed by atoms with E-state index in [4.69, 9.17) is 11.3 Å². The van der Waals surface area contributed by atoms with Crippen LogP contribution in [-0.2, 0) is 11.3 Å². The average Bonchev–Trinajstić information content (AvgIpc) is 2.29. The molecule has 0 spiro atoms. The molecule has 0 fully saturated rings. The minimum Gasteiger partial charge on any atom is -0.395 e. The molecular weight excluding hydrogens is 186 g/mol. The summed E-state index contributed by atoms with van der Waals surface area (Å²) in [5.41, 5.74) is 2.35. The van der Waals surface area contributed by atoms with Gasteiger partial charge in [0.25, 0.3) is 0 Å². The van der Waals surface area contributed by atoms with E-state index in [-0.39, 0.29) is 0 Å². The van der Waals surface area contributed by atoms with Crippen molar-refractivity contribution in [1.29, 1.82) is 0 Å². The van der Waals surface area contributed by atoms with Crippen LogP contribution in [0.2, 0.25) is 0 Å². The normalized spacial score (nSPS) is 10.1. The Morgan fingerprint density at radius 2 is 2.40 bits per heavy atom. The zero-order valence-corrected chi connectivity index (χ0v) is 8.94. The molecule has 0 unspecified atom stereocenters. The average molecular weight is 201 g/mol. The van der Waals surface area contributed by atoms with Crippen molar-refractivity contribution in [2.24, 2.45) is 5.16 Å². The lowest BCUT2D eigenvalue weighted by molar-refractivity contribution is 0.152.